The number of rotatable bonds is 4. The number of aryl methyl sites for hydroxylation is 1. The van der Waals surface area contributed by atoms with Gasteiger partial charge in [0.25, 0.3) is 0 Å². The Balaban J connectivity index is 2.36. The van der Waals surface area contributed by atoms with Crippen molar-refractivity contribution in [3.8, 4) is 11.3 Å². The minimum absolute atomic E-state index is 0.0937. The molecule has 0 aromatic rings. The normalized spacial score (nSPS) is 10.4. The maximum Gasteiger partial charge on any atom is 0.207 e. The van der Waals surface area contributed by atoms with Gasteiger partial charge in [0.2, 0.25) is 6.41 Å². The van der Waals surface area contributed by atoms with Gasteiger partial charge >= 0.3 is 0 Å². The van der Waals surface area contributed by atoms with E-state index in [2.05, 4.69) is 10.3 Å². The van der Waals surface area contributed by atoms with Gasteiger partial charge in [-0.1, -0.05) is 0 Å². The Morgan fingerprint density at radius 3 is 3.06 bits per heavy atom. The molecule has 0 atom stereocenters. The summed E-state index contributed by atoms with van der Waals surface area (Å²) >= 11 is 0. The predicted octanol–water partition coefficient (Wildman–Crippen LogP) is 0.737. The number of hydrogen-bond acceptors (Lipinski definition) is 4. The highest BCUT2D eigenvalue weighted by atomic mass is 16.3. The number of benzene rings is 1. The molecular formula is C12H12N2O3. The van der Waals surface area contributed by atoms with Gasteiger partial charge in [0.1, 0.15) is 5.76 Å². The molecule has 2 rings (SSSR count). The van der Waals surface area contributed by atoms with E-state index in [9.17, 15) is 9.59 Å². The van der Waals surface area contributed by atoms with Crippen LogP contribution >= 0.6 is 0 Å². The van der Waals surface area contributed by atoms with Gasteiger partial charge in [-0.3, -0.25) is 9.59 Å². The third-order valence-electron chi connectivity index (χ3n) is 2.43. The first-order valence-corrected chi connectivity index (χ1v) is 5.28. The van der Waals surface area contributed by atoms with E-state index in [4.69, 9.17) is 4.42 Å². The first kappa shape index (κ1) is 11.3. The average Bonchev–Trinajstić information content (AvgIpc) is 2.28. The largest absolute Gasteiger partial charge is 0.442 e. The zero-order valence-corrected chi connectivity index (χ0v) is 9.40. The van der Waals surface area contributed by atoms with Gasteiger partial charge in [-0.05, 0) is 19.1 Å². The van der Waals surface area contributed by atoms with E-state index in [1.54, 1.807) is 6.07 Å². The van der Waals surface area contributed by atoms with Crippen molar-refractivity contribution < 1.29 is 9.21 Å². The standard InChI is InChI=1S/C12H12N2O3/c1-8-10-3-2-9(16)6-11(10)17-12(14-8)4-5-13-7-15/h2-3,6-7H,4-5H2,1H3,(H,13,15). The Morgan fingerprint density at radius 1 is 1.47 bits per heavy atom. The quantitative estimate of drug-likeness (QED) is 0.623. The molecule has 1 aliphatic carbocycles. The fourth-order valence-electron chi connectivity index (χ4n) is 1.63. The zero-order chi connectivity index (χ0) is 12.3. The third kappa shape index (κ3) is 2.50. The molecule has 0 spiro atoms. The van der Waals surface area contributed by atoms with Gasteiger partial charge in [-0.25, -0.2) is 4.98 Å². The maximum atomic E-state index is 11.2. The van der Waals surface area contributed by atoms with E-state index in [0.29, 0.717) is 31.0 Å². The number of carbonyl (C=O) groups excluding carboxylic acids is 1. The maximum absolute atomic E-state index is 11.2. The summed E-state index contributed by atoms with van der Waals surface area (Å²) in [6, 6.07) is 4.64. The van der Waals surface area contributed by atoms with Crippen molar-refractivity contribution >= 4 is 6.41 Å². The highest BCUT2D eigenvalue weighted by Gasteiger charge is 2.11. The zero-order valence-electron chi connectivity index (χ0n) is 9.40. The van der Waals surface area contributed by atoms with E-state index in [1.165, 1.54) is 12.1 Å². The number of nitrogens with zero attached hydrogens (tertiary/aromatic N) is 1. The molecule has 5 heteroatoms. The predicted molar refractivity (Wildman–Crippen MR) is 61.9 cm³/mol. The molecule has 0 unspecified atom stereocenters. The van der Waals surface area contributed by atoms with E-state index >= 15 is 0 Å². The van der Waals surface area contributed by atoms with E-state index in [0.717, 1.165) is 11.3 Å². The fourth-order valence-corrected chi connectivity index (χ4v) is 1.63. The lowest BCUT2D eigenvalue weighted by Crippen LogP contribution is -2.15. The van der Waals surface area contributed by atoms with Crippen molar-refractivity contribution in [3.63, 3.8) is 0 Å². The smallest absolute Gasteiger partial charge is 0.207 e. The Hall–Kier alpha value is -2.17. The summed E-state index contributed by atoms with van der Waals surface area (Å²) in [7, 11) is 0. The number of amides is 1. The molecular weight excluding hydrogens is 220 g/mol. The SMILES string of the molecule is Cc1nc(CCNC=O)oc2cc(=O)ccc1-2. The molecule has 0 aromatic heterocycles. The van der Waals surface area contributed by atoms with Crippen molar-refractivity contribution in [1.29, 1.82) is 0 Å². The van der Waals surface area contributed by atoms with Crippen LogP contribution in [-0.4, -0.2) is 17.9 Å². The Labute approximate surface area is 97.8 Å². The second kappa shape index (κ2) is 4.78. The number of fused-ring (bicyclic) bond motifs is 1. The fraction of sp³-hybridized carbons (Fsp3) is 0.250. The molecule has 1 amide bonds. The van der Waals surface area contributed by atoms with E-state index < -0.39 is 0 Å². The van der Waals surface area contributed by atoms with Gasteiger partial charge in [0, 0.05) is 24.6 Å². The highest BCUT2D eigenvalue weighted by Crippen LogP contribution is 2.23. The second-order valence-corrected chi connectivity index (χ2v) is 3.67. The number of nitrogens with one attached hydrogen (secondary N) is 1. The molecule has 0 radical (unpaired) electrons. The minimum Gasteiger partial charge on any atom is -0.442 e. The summed E-state index contributed by atoms with van der Waals surface area (Å²) in [5.41, 5.74) is 1.55. The lowest BCUT2D eigenvalue weighted by Gasteiger charge is -2.09. The lowest BCUT2D eigenvalue weighted by atomic mass is 10.1. The van der Waals surface area contributed by atoms with Crippen LogP contribution in [0.25, 0.3) is 11.3 Å². The molecule has 88 valence electrons. The Morgan fingerprint density at radius 2 is 2.29 bits per heavy atom. The van der Waals surface area contributed by atoms with Crippen molar-refractivity contribution in [2.24, 2.45) is 0 Å². The topological polar surface area (TPSA) is 72.2 Å². The molecule has 5 nitrogen and oxygen atoms in total. The van der Waals surface area contributed by atoms with Gasteiger partial charge in [0.05, 0.1) is 5.69 Å². The van der Waals surface area contributed by atoms with Gasteiger partial charge < -0.3 is 9.73 Å². The number of aromatic nitrogens is 1. The van der Waals surface area contributed by atoms with Crippen molar-refractivity contribution in [2.45, 2.75) is 13.3 Å². The van der Waals surface area contributed by atoms with Crippen molar-refractivity contribution in [2.75, 3.05) is 6.54 Å². The van der Waals surface area contributed by atoms with Crippen LogP contribution in [0.1, 0.15) is 11.6 Å². The van der Waals surface area contributed by atoms with Crippen LogP contribution in [0, 0.1) is 6.92 Å². The molecule has 0 aromatic carbocycles. The van der Waals surface area contributed by atoms with Crippen LogP contribution in [0.3, 0.4) is 0 Å². The Kier molecular flexibility index (Phi) is 3.18. The van der Waals surface area contributed by atoms with Crippen LogP contribution < -0.4 is 10.7 Å². The molecule has 0 fully saturated rings. The molecule has 1 N–H and O–H groups in total. The summed E-state index contributed by atoms with van der Waals surface area (Å²) in [5, 5.41) is 2.53. The summed E-state index contributed by atoms with van der Waals surface area (Å²) < 4.78 is 5.50. The molecule has 2 aliphatic rings. The van der Waals surface area contributed by atoms with Crippen LogP contribution in [0.5, 0.6) is 0 Å². The first-order chi connectivity index (χ1) is 8.20. The summed E-state index contributed by atoms with van der Waals surface area (Å²) in [6.45, 7) is 2.32. The molecule has 0 bridgehead atoms. The Bertz CT molecular complexity index is 562. The van der Waals surface area contributed by atoms with E-state index in [1.807, 2.05) is 6.92 Å². The molecule has 0 saturated heterocycles. The van der Waals surface area contributed by atoms with Crippen LogP contribution in [0.2, 0.25) is 0 Å². The molecule has 1 heterocycles. The molecule has 1 aliphatic heterocycles. The van der Waals surface area contributed by atoms with Gasteiger partial charge in [0.15, 0.2) is 11.3 Å². The lowest BCUT2D eigenvalue weighted by molar-refractivity contribution is -0.109. The molecule has 17 heavy (non-hydrogen) atoms. The first-order valence-electron chi connectivity index (χ1n) is 5.28. The van der Waals surface area contributed by atoms with E-state index in [-0.39, 0.29) is 5.43 Å². The van der Waals surface area contributed by atoms with Gasteiger partial charge in [-0.2, -0.15) is 0 Å². The summed E-state index contributed by atoms with van der Waals surface area (Å²) in [5.74, 6) is 1.04. The number of carbonyl (C=O) groups is 1. The summed E-state index contributed by atoms with van der Waals surface area (Å²) in [6.07, 6.45) is 1.13. The van der Waals surface area contributed by atoms with Crippen LogP contribution in [0.15, 0.2) is 27.4 Å². The monoisotopic (exact) mass is 232 g/mol. The highest BCUT2D eigenvalue weighted by molar-refractivity contribution is 5.60. The van der Waals surface area contributed by atoms with Gasteiger partial charge in [-0.15, -0.1) is 0 Å². The second-order valence-electron chi connectivity index (χ2n) is 3.67. The molecule has 0 saturated carbocycles. The minimum atomic E-state index is -0.0937. The van der Waals surface area contributed by atoms with Crippen LogP contribution in [-0.2, 0) is 11.2 Å². The van der Waals surface area contributed by atoms with Crippen molar-refractivity contribution in [3.05, 3.63) is 40.0 Å². The number of hydrogen-bond donors (Lipinski definition) is 1. The third-order valence-corrected chi connectivity index (χ3v) is 2.43. The summed E-state index contributed by atoms with van der Waals surface area (Å²) in [4.78, 5) is 25.6. The van der Waals surface area contributed by atoms with Crippen molar-refractivity contribution in [1.82, 2.24) is 10.3 Å². The average molecular weight is 232 g/mol. The van der Waals surface area contributed by atoms with Crippen LogP contribution in [0.4, 0.5) is 0 Å².